The molecule has 2 aromatic rings. The number of amides is 1. The number of hydrogen-bond acceptors (Lipinski definition) is 3. The van der Waals surface area contributed by atoms with E-state index in [1.165, 1.54) is 5.56 Å². The smallest absolute Gasteiger partial charge is 0.255 e. The van der Waals surface area contributed by atoms with E-state index in [9.17, 15) is 4.79 Å². The predicted octanol–water partition coefficient (Wildman–Crippen LogP) is 4.26. The summed E-state index contributed by atoms with van der Waals surface area (Å²) >= 11 is 2.25. The Morgan fingerprint density at radius 1 is 1.18 bits per heavy atom. The van der Waals surface area contributed by atoms with E-state index in [1.54, 1.807) is 25.3 Å². The van der Waals surface area contributed by atoms with Crippen LogP contribution in [0.2, 0.25) is 0 Å². The van der Waals surface area contributed by atoms with Crippen molar-refractivity contribution in [3.63, 3.8) is 0 Å². The number of carbonyl (C=O) groups is 1. The van der Waals surface area contributed by atoms with E-state index in [1.807, 2.05) is 32.0 Å². The number of nitrogens with one attached hydrogen (secondary N) is 1. The molecular formula is C17H18INO3. The summed E-state index contributed by atoms with van der Waals surface area (Å²) in [4.78, 5) is 12.4. The first-order chi connectivity index (χ1) is 10.5. The lowest BCUT2D eigenvalue weighted by Gasteiger charge is -2.11. The maximum atomic E-state index is 12.4. The first kappa shape index (κ1) is 16.6. The van der Waals surface area contributed by atoms with Crippen LogP contribution in [0.25, 0.3) is 0 Å². The average Bonchev–Trinajstić information content (AvgIpc) is 2.51. The summed E-state index contributed by atoms with van der Waals surface area (Å²) in [5, 5.41) is 2.89. The molecule has 0 aromatic heterocycles. The van der Waals surface area contributed by atoms with Crippen LogP contribution in [0, 0.1) is 10.5 Å². The first-order valence-corrected chi connectivity index (χ1v) is 8.01. The maximum absolute atomic E-state index is 12.4. The highest BCUT2D eigenvalue weighted by molar-refractivity contribution is 14.1. The van der Waals surface area contributed by atoms with Crippen LogP contribution in [0.5, 0.6) is 11.5 Å². The van der Waals surface area contributed by atoms with Crippen molar-refractivity contribution in [2.24, 2.45) is 0 Å². The number of ether oxygens (including phenoxy) is 2. The van der Waals surface area contributed by atoms with Crippen LogP contribution in [-0.2, 0) is 0 Å². The molecule has 0 bridgehead atoms. The average molecular weight is 411 g/mol. The third-order valence-electron chi connectivity index (χ3n) is 3.16. The molecule has 1 amide bonds. The molecule has 0 radical (unpaired) electrons. The monoisotopic (exact) mass is 411 g/mol. The number of rotatable bonds is 5. The normalized spacial score (nSPS) is 10.2. The van der Waals surface area contributed by atoms with Gasteiger partial charge in [-0.25, -0.2) is 0 Å². The summed E-state index contributed by atoms with van der Waals surface area (Å²) in [7, 11) is 1.58. The van der Waals surface area contributed by atoms with E-state index in [0.717, 1.165) is 9.26 Å². The molecule has 1 N–H and O–H groups in total. The Balaban J connectivity index is 2.21. The van der Waals surface area contributed by atoms with Crippen molar-refractivity contribution in [2.75, 3.05) is 19.0 Å². The van der Waals surface area contributed by atoms with Gasteiger partial charge in [-0.3, -0.25) is 4.79 Å². The molecular weight excluding hydrogens is 393 g/mol. The summed E-state index contributed by atoms with van der Waals surface area (Å²) in [5.74, 6) is 1.00. The summed E-state index contributed by atoms with van der Waals surface area (Å²) in [6.45, 7) is 4.43. The van der Waals surface area contributed by atoms with Gasteiger partial charge in [0.15, 0.2) is 11.5 Å². The lowest BCUT2D eigenvalue weighted by atomic mass is 10.1. The fourth-order valence-corrected chi connectivity index (χ4v) is 2.48. The van der Waals surface area contributed by atoms with Crippen molar-refractivity contribution in [3.8, 4) is 11.5 Å². The predicted molar refractivity (Wildman–Crippen MR) is 96.0 cm³/mol. The number of methoxy groups -OCH3 is 1. The minimum absolute atomic E-state index is 0.178. The topological polar surface area (TPSA) is 47.6 Å². The van der Waals surface area contributed by atoms with Gasteiger partial charge in [0.05, 0.1) is 13.7 Å². The number of benzene rings is 2. The van der Waals surface area contributed by atoms with Gasteiger partial charge in [-0.15, -0.1) is 0 Å². The Bertz CT molecular complexity index is 686. The molecule has 2 aromatic carbocycles. The van der Waals surface area contributed by atoms with E-state index in [-0.39, 0.29) is 5.91 Å². The highest BCUT2D eigenvalue weighted by atomic mass is 127. The molecule has 0 heterocycles. The van der Waals surface area contributed by atoms with E-state index in [0.29, 0.717) is 23.7 Å². The summed E-state index contributed by atoms with van der Waals surface area (Å²) < 4.78 is 11.8. The summed E-state index contributed by atoms with van der Waals surface area (Å²) in [5.41, 5.74) is 2.48. The summed E-state index contributed by atoms with van der Waals surface area (Å²) in [6, 6.07) is 11.0. The molecule has 0 aliphatic heterocycles. The zero-order valence-corrected chi connectivity index (χ0v) is 14.9. The van der Waals surface area contributed by atoms with Crippen LogP contribution in [-0.4, -0.2) is 19.6 Å². The Morgan fingerprint density at radius 2 is 1.95 bits per heavy atom. The van der Waals surface area contributed by atoms with Gasteiger partial charge in [-0.1, -0.05) is 6.07 Å². The molecule has 0 aliphatic rings. The fraction of sp³-hybridized carbons (Fsp3) is 0.235. The van der Waals surface area contributed by atoms with Gasteiger partial charge < -0.3 is 14.8 Å². The van der Waals surface area contributed by atoms with Crippen molar-refractivity contribution in [1.82, 2.24) is 0 Å². The van der Waals surface area contributed by atoms with Gasteiger partial charge in [-0.05, 0) is 72.3 Å². The zero-order valence-electron chi connectivity index (χ0n) is 12.8. The molecule has 4 nitrogen and oxygen atoms in total. The number of halogens is 1. The van der Waals surface area contributed by atoms with E-state index in [2.05, 4.69) is 27.9 Å². The van der Waals surface area contributed by atoms with Gasteiger partial charge in [0, 0.05) is 14.8 Å². The third kappa shape index (κ3) is 3.91. The van der Waals surface area contributed by atoms with Crippen molar-refractivity contribution >= 4 is 34.2 Å². The molecule has 116 valence electrons. The second-order valence-electron chi connectivity index (χ2n) is 4.72. The standard InChI is InChI=1S/C17H18INO3/c1-4-22-16-9-12(6-8-15(16)21-3)17(20)19-13-7-5-11(2)14(18)10-13/h5-10H,4H2,1-3H3,(H,19,20). The van der Waals surface area contributed by atoms with Crippen LogP contribution in [0.4, 0.5) is 5.69 Å². The molecule has 0 aliphatic carbocycles. The van der Waals surface area contributed by atoms with Crippen molar-refractivity contribution in [1.29, 1.82) is 0 Å². The largest absolute Gasteiger partial charge is 0.493 e. The first-order valence-electron chi connectivity index (χ1n) is 6.93. The van der Waals surface area contributed by atoms with Crippen molar-refractivity contribution in [3.05, 3.63) is 51.1 Å². The number of hydrogen-bond donors (Lipinski definition) is 1. The van der Waals surface area contributed by atoms with Crippen LogP contribution in [0.3, 0.4) is 0 Å². The van der Waals surface area contributed by atoms with Gasteiger partial charge in [0.1, 0.15) is 0 Å². The molecule has 0 unspecified atom stereocenters. The Hall–Kier alpha value is -1.76. The third-order valence-corrected chi connectivity index (χ3v) is 4.32. The second-order valence-corrected chi connectivity index (χ2v) is 5.88. The van der Waals surface area contributed by atoms with Crippen LogP contribution >= 0.6 is 22.6 Å². The summed E-state index contributed by atoms with van der Waals surface area (Å²) in [6.07, 6.45) is 0. The molecule has 0 fully saturated rings. The molecule has 0 atom stereocenters. The molecule has 22 heavy (non-hydrogen) atoms. The minimum atomic E-state index is -0.178. The number of carbonyl (C=O) groups excluding carboxylic acids is 1. The van der Waals surface area contributed by atoms with Gasteiger partial charge in [0.25, 0.3) is 5.91 Å². The Labute approximate surface area is 144 Å². The fourth-order valence-electron chi connectivity index (χ4n) is 1.96. The van der Waals surface area contributed by atoms with Gasteiger partial charge >= 0.3 is 0 Å². The quantitative estimate of drug-likeness (QED) is 0.749. The maximum Gasteiger partial charge on any atom is 0.255 e. The molecule has 2 rings (SSSR count). The van der Waals surface area contributed by atoms with Crippen LogP contribution in [0.15, 0.2) is 36.4 Å². The SMILES string of the molecule is CCOc1cc(C(=O)Nc2ccc(C)c(I)c2)ccc1OC. The van der Waals surface area contributed by atoms with Gasteiger partial charge in [0.2, 0.25) is 0 Å². The van der Waals surface area contributed by atoms with E-state index < -0.39 is 0 Å². The van der Waals surface area contributed by atoms with Crippen LogP contribution < -0.4 is 14.8 Å². The lowest BCUT2D eigenvalue weighted by molar-refractivity contribution is 0.102. The molecule has 0 spiro atoms. The van der Waals surface area contributed by atoms with Gasteiger partial charge in [-0.2, -0.15) is 0 Å². The number of aryl methyl sites for hydroxylation is 1. The van der Waals surface area contributed by atoms with Crippen LogP contribution in [0.1, 0.15) is 22.8 Å². The van der Waals surface area contributed by atoms with Crippen molar-refractivity contribution in [2.45, 2.75) is 13.8 Å². The highest BCUT2D eigenvalue weighted by Crippen LogP contribution is 2.28. The zero-order chi connectivity index (χ0) is 16.1. The Morgan fingerprint density at radius 3 is 2.59 bits per heavy atom. The second kappa shape index (κ2) is 7.49. The molecule has 0 saturated carbocycles. The number of anilines is 1. The van der Waals surface area contributed by atoms with E-state index >= 15 is 0 Å². The lowest BCUT2D eigenvalue weighted by Crippen LogP contribution is -2.12. The molecule has 0 saturated heterocycles. The highest BCUT2D eigenvalue weighted by Gasteiger charge is 2.11. The Kier molecular flexibility index (Phi) is 5.65. The molecule has 5 heteroatoms. The minimum Gasteiger partial charge on any atom is -0.493 e. The van der Waals surface area contributed by atoms with E-state index in [4.69, 9.17) is 9.47 Å². The van der Waals surface area contributed by atoms with Crippen molar-refractivity contribution < 1.29 is 14.3 Å².